The lowest BCUT2D eigenvalue weighted by atomic mass is 9.72. The number of hydrogen-bond donors (Lipinski definition) is 1. The molecule has 0 bridgehead atoms. The third kappa shape index (κ3) is 5.16. The maximum absolute atomic E-state index is 13.8. The molecule has 1 fully saturated rings. The summed E-state index contributed by atoms with van der Waals surface area (Å²) in [6.07, 6.45) is 1.23. The van der Waals surface area contributed by atoms with Crippen LogP contribution in [0.3, 0.4) is 0 Å². The van der Waals surface area contributed by atoms with E-state index in [0.29, 0.717) is 37.5 Å². The van der Waals surface area contributed by atoms with Crippen molar-refractivity contribution in [3.63, 3.8) is 0 Å². The van der Waals surface area contributed by atoms with Gasteiger partial charge in [-0.2, -0.15) is 0 Å². The van der Waals surface area contributed by atoms with E-state index in [1.165, 1.54) is 0 Å². The van der Waals surface area contributed by atoms with Crippen LogP contribution in [0.4, 0.5) is 0 Å². The molecule has 1 heterocycles. The van der Waals surface area contributed by atoms with Crippen molar-refractivity contribution in [2.24, 2.45) is 0 Å². The average molecular weight is 456 g/mol. The number of carbonyl (C=O) groups excluding carboxylic acids is 2. The highest BCUT2D eigenvalue weighted by molar-refractivity contribution is 6.31. The first kappa shape index (κ1) is 24.3. The lowest BCUT2D eigenvalue weighted by Crippen LogP contribution is -2.53. The Bertz CT molecular complexity index is 906. The monoisotopic (exact) mass is 455 g/mol. The largest absolute Gasteiger partial charge is 0.353 e. The number of halogens is 1. The molecule has 2 aromatic carbocycles. The molecule has 172 valence electrons. The molecular weight excluding hydrogens is 422 g/mol. The number of rotatable bonds is 8. The van der Waals surface area contributed by atoms with Gasteiger partial charge in [-0.1, -0.05) is 74.0 Å². The number of amides is 2. The SMILES string of the molecule is CCN(CC)C(CNC(=O)C1(c2ccccc2)CCN(C(C)=O)CC1)c1ccccc1Cl. The first-order valence-corrected chi connectivity index (χ1v) is 11.9. The third-order valence-electron chi connectivity index (χ3n) is 6.80. The lowest BCUT2D eigenvalue weighted by Gasteiger charge is -2.41. The number of nitrogens with one attached hydrogen (secondary N) is 1. The molecule has 2 amide bonds. The zero-order chi connectivity index (χ0) is 23.1. The van der Waals surface area contributed by atoms with E-state index in [4.69, 9.17) is 11.6 Å². The summed E-state index contributed by atoms with van der Waals surface area (Å²) >= 11 is 6.53. The molecule has 5 nitrogen and oxygen atoms in total. The fraction of sp³-hybridized carbons (Fsp3) is 0.462. The molecule has 0 aromatic heterocycles. The number of benzene rings is 2. The van der Waals surface area contributed by atoms with E-state index in [0.717, 1.165) is 24.2 Å². The summed E-state index contributed by atoms with van der Waals surface area (Å²) in [6, 6.07) is 17.8. The summed E-state index contributed by atoms with van der Waals surface area (Å²) < 4.78 is 0. The van der Waals surface area contributed by atoms with Gasteiger partial charge in [0.1, 0.15) is 0 Å². The molecule has 0 saturated carbocycles. The molecule has 0 aliphatic carbocycles. The second-order valence-electron chi connectivity index (χ2n) is 8.42. The van der Waals surface area contributed by atoms with Crippen molar-refractivity contribution in [3.05, 3.63) is 70.7 Å². The molecule has 32 heavy (non-hydrogen) atoms. The quantitative estimate of drug-likeness (QED) is 0.641. The minimum Gasteiger partial charge on any atom is -0.353 e. The van der Waals surface area contributed by atoms with Crippen LogP contribution in [-0.2, 0) is 15.0 Å². The molecule has 0 spiro atoms. The normalized spacial score (nSPS) is 16.6. The Labute approximate surface area is 196 Å². The Morgan fingerprint density at radius 2 is 1.62 bits per heavy atom. The maximum Gasteiger partial charge on any atom is 0.230 e. The zero-order valence-corrected chi connectivity index (χ0v) is 20.1. The van der Waals surface area contributed by atoms with Crippen molar-refractivity contribution in [2.45, 2.75) is 45.1 Å². The van der Waals surface area contributed by atoms with Crippen molar-refractivity contribution < 1.29 is 9.59 Å². The lowest BCUT2D eigenvalue weighted by molar-refractivity contribution is -0.135. The number of piperidine rings is 1. The topological polar surface area (TPSA) is 52.7 Å². The molecule has 0 radical (unpaired) electrons. The fourth-order valence-electron chi connectivity index (χ4n) is 4.81. The second-order valence-corrected chi connectivity index (χ2v) is 8.83. The summed E-state index contributed by atoms with van der Waals surface area (Å²) in [7, 11) is 0. The van der Waals surface area contributed by atoms with Gasteiger partial charge < -0.3 is 10.2 Å². The number of hydrogen-bond acceptors (Lipinski definition) is 3. The van der Waals surface area contributed by atoms with Crippen LogP contribution in [0.1, 0.15) is 50.8 Å². The smallest absolute Gasteiger partial charge is 0.230 e. The van der Waals surface area contributed by atoms with Gasteiger partial charge in [-0.25, -0.2) is 0 Å². The van der Waals surface area contributed by atoms with E-state index < -0.39 is 5.41 Å². The summed E-state index contributed by atoms with van der Waals surface area (Å²) in [6.45, 7) is 9.21. The maximum atomic E-state index is 13.8. The van der Waals surface area contributed by atoms with E-state index in [1.54, 1.807) is 6.92 Å². The molecule has 1 atom stereocenters. The summed E-state index contributed by atoms with van der Waals surface area (Å²) in [4.78, 5) is 29.8. The van der Waals surface area contributed by atoms with E-state index >= 15 is 0 Å². The minimum atomic E-state index is -0.637. The van der Waals surface area contributed by atoms with Crippen molar-refractivity contribution in [3.8, 4) is 0 Å². The summed E-state index contributed by atoms with van der Waals surface area (Å²) in [5.41, 5.74) is 1.40. The predicted molar refractivity (Wildman–Crippen MR) is 130 cm³/mol. The Kier molecular flexibility index (Phi) is 8.32. The fourth-order valence-corrected chi connectivity index (χ4v) is 5.07. The van der Waals surface area contributed by atoms with Crippen LogP contribution in [0, 0.1) is 0 Å². The molecule has 1 N–H and O–H groups in total. The predicted octanol–water partition coefficient (Wildman–Crippen LogP) is 4.42. The van der Waals surface area contributed by atoms with Crippen LogP contribution in [0.15, 0.2) is 54.6 Å². The number of carbonyl (C=O) groups is 2. The molecule has 6 heteroatoms. The van der Waals surface area contributed by atoms with Gasteiger partial charge in [0, 0.05) is 31.6 Å². The molecule has 2 aromatic rings. The van der Waals surface area contributed by atoms with Crippen LogP contribution in [0.25, 0.3) is 0 Å². The van der Waals surface area contributed by atoms with Crippen LogP contribution in [0.5, 0.6) is 0 Å². The first-order chi connectivity index (χ1) is 15.4. The number of likely N-dealkylation sites (tertiary alicyclic amines) is 1. The molecule has 3 rings (SSSR count). The van der Waals surface area contributed by atoms with Gasteiger partial charge >= 0.3 is 0 Å². The Hall–Kier alpha value is -2.37. The van der Waals surface area contributed by atoms with Gasteiger partial charge in [-0.3, -0.25) is 14.5 Å². The van der Waals surface area contributed by atoms with Crippen LogP contribution in [0.2, 0.25) is 5.02 Å². The molecular formula is C26H34ClN3O2. The highest BCUT2D eigenvalue weighted by atomic mass is 35.5. The van der Waals surface area contributed by atoms with Crippen molar-refractivity contribution in [2.75, 3.05) is 32.7 Å². The van der Waals surface area contributed by atoms with Gasteiger partial charge in [0.25, 0.3) is 0 Å². The third-order valence-corrected chi connectivity index (χ3v) is 7.14. The molecule has 1 unspecified atom stereocenters. The van der Waals surface area contributed by atoms with E-state index in [9.17, 15) is 9.59 Å². The van der Waals surface area contributed by atoms with Crippen molar-refractivity contribution in [1.82, 2.24) is 15.1 Å². The molecule has 1 saturated heterocycles. The Morgan fingerprint density at radius 3 is 2.19 bits per heavy atom. The van der Waals surface area contributed by atoms with Gasteiger partial charge in [0.2, 0.25) is 11.8 Å². The molecule has 1 aliphatic rings. The van der Waals surface area contributed by atoms with Gasteiger partial charge in [-0.15, -0.1) is 0 Å². The van der Waals surface area contributed by atoms with E-state index in [1.807, 2.05) is 59.5 Å². The highest BCUT2D eigenvalue weighted by Crippen LogP contribution is 2.36. The van der Waals surface area contributed by atoms with Gasteiger partial charge in [0.15, 0.2) is 0 Å². The highest BCUT2D eigenvalue weighted by Gasteiger charge is 2.43. The Balaban J connectivity index is 1.85. The molecule has 1 aliphatic heterocycles. The summed E-state index contributed by atoms with van der Waals surface area (Å²) in [5.74, 6) is 0.0866. The van der Waals surface area contributed by atoms with E-state index in [2.05, 4.69) is 24.1 Å². The van der Waals surface area contributed by atoms with Crippen LogP contribution < -0.4 is 5.32 Å². The number of likely N-dealkylation sites (N-methyl/N-ethyl adjacent to an activating group) is 1. The average Bonchev–Trinajstić information content (AvgIpc) is 2.82. The van der Waals surface area contributed by atoms with Crippen molar-refractivity contribution >= 4 is 23.4 Å². The number of nitrogens with zero attached hydrogens (tertiary/aromatic N) is 2. The zero-order valence-electron chi connectivity index (χ0n) is 19.3. The van der Waals surface area contributed by atoms with Crippen LogP contribution >= 0.6 is 11.6 Å². The van der Waals surface area contributed by atoms with Crippen molar-refractivity contribution in [1.29, 1.82) is 0 Å². The summed E-state index contributed by atoms with van der Waals surface area (Å²) in [5, 5.41) is 3.98. The van der Waals surface area contributed by atoms with Crippen LogP contribution in [-0.4, -0.2) is 54.3 Å². The van der Waals surface area contributed by atoms with E-state index in [-0.39, 0.29) is 17.9 Å². The second kappa shape index (κ2) is 11.0. The first-order valence-electron chi connectivity index (χ1n) is 11.5. The van der Waals surface area contributed by atoms with Gasteiger partial charge in [-0.05, 0) is 43.1 Å². The Morgan fingerprint density at radius 1 is 1.03 bits per heavy atom. The van der Waals surface area contributed by atoms with Gasteiger partial charge in [0.05, 0.1) is 11.5 Å². The minimum absolute atomic E-state index is 0.00668. The standard InChI is InChI=1S/C26H34ClN3O2/c1-4-29(5-2)24(22-13-9-10-14-23(22)27)19-28-25(32)26(21-11-7-6-8-12-21)15-17-30(18-16-26)20(3)31/h6-14,24H,4-5,15-19H2,1-3H3,(H,28,32).